The summed E-state index contributed by atoms with van der Waals surface area (Å²) in [7, 11) is 0. The van der Waals surface area contributed by atoms with Gasteiger partial charge in [0.05, 0.1) is 10.7 Å². The fourth-order valence-electron chi connectivity index (χ4n) is 1.08. The molecule has 0 fully saturated rings. The fourth-order valence-corrected chi connectivity index (χ4v) is 1.38. The van der Waals surface area contributed by atoms with Gasteiger partial charge in [-0.05, 0) is 30.5 Å². The maximum Gasteiger partial charge on any atom is 0.0640 e. The van der Waals surface area contributed by atoms with Gasteiger partial charge in [0.15, 0.2) is 0 Å². The van der Waals surface area contributed by atoms with Gasteiger partial charge in [-0.1, -0.05) is 31.5 Å². The fraction of sp³-hybridized carbons (Fsp3) is 0.455. The van der Waals surface area contributed by atoms with Gasteiger partial charge in [0.1, 0.15) is 0 Å². The van der Waals surface area contributed by atoms with Crippen LogP contribution in [0.5, 0.6) is 0 Å². The number of rotatable bonds is 3. The average molecular weight is 198 g/mol. The van der Waals surface area contributed by atoms with Crippen molar-refractivity contribution in [3.63, 3.8) is 0 Å². The summed E-state index contributed by atoms with van der Waals surface area (Å²) in [4.78, 5) is 0. The smallest absolute Gasteiger partial charge is 0.0640 e. The van der Waals surface area contributed by atoms with Crippen molar-refractivity contribution in [2.75, 3.05) is 11.9 Å². The Morgan fingerprint density at radius 2 is 2.08 bits per heavy atom. The third-order valence-corrected chi connectivity index (χ3v) is 2.14. The van der Waals surface area contributed by atoms with Crippen molar-refractivity contribution < 1.29 is 0 Å². The van der Waals surface area contributed by atoms with Gasteiger partial charge in [0.2, 0.25) is 0 Å². The highest BCUT2D eigenvalue weighted by molar-refractivity contribution is 6.33. The van der Waals surface area contributed by atoms with Gasteiger partial charge < -0.3 is 5.32 Å². The van der Waals surface area contributed by atoms with Gasteiger partial charge in [-0.3, -0.25) is 0 Å². The minimum atomic E-state index is 0.636. The summed E-state index contributed by atoms with van der Waals surface area (Å²) in [5, 5.41) is 4.11. The number of nitrogens with one attached hydrogen (secondary N) is 1. The summed E-state index contributed by atoms with van der Waals surface area (Å²) in [6.07, 6.45) is 0. The molecule has 1 aromatic carbocycles. The van der Waals surface area contributed by atoms with Crippen LogP contribution < -0.4 is 5.32 Å². The molecule has 0 heterocycles. The molecule has 0 spiro atoms. The van der Waals surface area contributed by atoms with Crippen LogP contribution in [0.1, 0.15) is 19.4 Å². The lowest BCUT2D eigenvalue weighted by molar-refractivity contribution is 0.689. The van der Waals surface area contributed by atoms with Crippen molar-refractivity contribution in [1.29, 1.82) is 0 Å². The SMILES string of the molecule is Cc1ccc(NCC(C)C)c(Cl)c1. The molecule has 0 bridgehead atoms. The molecule has 2 heteroatoms. The number of hydrogen-bond donors (Lipinski definition) is 1. The second-order valence-electron chi connectivity index (χ2n) is 3.76. The maximum atomic E-state index is 6.05. The number of aryl methyl sites for hydroxylation is 1. The van der Waals surface area contributed by atoms with Crippen LogP contribution >= 0.6 is 11.6 Å². The first-order valence-electron chi connectivity index (χ1n) is 4.59. The van der Waals surface area contributed by atoms with Gasteiger partial charge in [0, 0.05) is 6.54 Å². The molecule has 13 heavy (non-hydrogen) atoms. The van der Waals surface area contributed by atoms with Gasteiger partial charge in [-0.2, -0.15) is 0 Å². The monoisotopic (exact) mass is 197 g/mol. The minimum absolute atomic E-state index is 0.636. The molecule has 0 aliphatic heterocycles. The van der Waals surface area contributed by atoms with Gasteiger partial charge in [0.25, 0.3) is 0 Å². The Bertz CT molecular complexity index is 281. The third-order valence-electron chi connectivity index (χ3n) is 1.83. The topological polar surface area (TPSA) is 12.0 Å². The van der Waals surface area contributed by atoms with E-state index in [4.69, 9.17) is 11.6 Å². The van der Waals surface area contributed by atoms with Gasteiger partial charge in [-0.15, -0.1) is 0 Å². The largest absolute Gasteiger partial charge is 0.384 e. The van der Waals surface area contributed by atoms with Crippen LogP contribution in [0.2, 0.25) is 5.02 Å². The van der Waals surface area contributed by atoms with Crippen molar-refractivity contribution >= 4 is 17.3 Å². The molecule has 0 aliphatic rings. The van der Waals surface area contributed by atoms with E-state index in [-0.39, 0.29) is 0 Å². The van der Waals surface area contributed by atoms with Crippen molar-refractivity contribution in [1.82, 2.24) is 0 Å². The first kappa shape index (κ1) is 10.4. The Labute approximate surface area is 85.1 Å². The highest BCUT2D eigenvalue weighted by Gasteiger charge is 2.00. The molecule has 1 aromatic rings. The van der Waals surface area contributed by atoms with Gasteiger partial charge in [-0.25, -0.2) is 0 Å². The Kier molecular flexibility index (Phi) is 3.61. The number of hydrogen-bond acceptors (Lipinski definition) is 1. The zero-order chi connectivity index (χ0) is 9.84. The summed E-state index contributed by atoms with van der Waals surface area (Å²) in [6, 6.07) is 6.07. The molecule has 0 atom stereocenters. The van der Waals surface area contributed by atoms with Crippen LogP contribution in [-0.2, 0) is 0 Å². The van der Waals surface area contributed by atoms with Crippen LogP contribution in [0, 0.1) is 12.8 Å². The summed E-state index contributed by atoms with van der Waals surface area (Å²) in [6.45, 7) is 7.35. The molecule has 0 aliphatic carbocycles. The number of anilines is 1. The zero-order valence-corrected chi connectivity index (χ0v) is 9.15. The van der Waals surface area contributed by atoms with Crippen LogP contribution in [-0.4, -0.2) is 6.54 Å². The summed E-state index contributed by atoms with van der Waals surface area (Å²) >= 11 is 6.05. The predicted molar refractivity (Wildman–Crippen MR) is 59.5 cm³/mol. The van der Waals surface area contributed by atoms with Crippen molar-refractivity contribution in [2.45, 2.75) is 20.8 Å². The number of halogens is 1. The molecule has 0 saturated carbocycles. The molecule has 0 saturated heterocycles. The molecule has 1 nitrogen and oxygen atoms in total. The molecule has 1 N–H and O–H groups in total. The summed E-state index contributed by atoms with van der Waals surface area (Å²) in [5.41, 5.74) is 2.22. The minimum Gasteiger partial charge on any atom is -0.384 e. The van der Waals surface area contributed by atoms with E-state index < -0.39 is 0 Å². The number of benzene rings is 1. The quantitative estimate of drug-likeness (QED) is 0.779. The Hall–Kier alpha value is -0.690. The van der Waals surface area contributed by atoms with E-state index in [0.717, 1.165) is 17.3 Å². The molecule has 1 rings (SSSR count). The predicted octanol–water partition coefficient (Wildman–Crippen LogP) is 3.72. The van der Waals surface area contributed by atoms with Crippen molar-refractivity contribution in [2.24, 2.45) is 5.92 Å². The van der Waals surface area contributed by atoms with E-state index in [1.165, 1.54) is 5.56 Å². The molecular weight excluding hydrogens is 182 g/mol. The van der Waals surface area contributed by atoms with E-state index in [1.807, 2.05) is 19.1 Å². The van der Waals surface area contributed by atoms with E-state index in [1.54, 1.807) is 0 Å². The standard InChI is InChI=1S/C11H16ClN/c1-8(2)7-13-11-5-4-9(3)6-10(11)12/h4-6,8,13H,7H2,1-3H3. The lowest BCUT2D eigenvalue weighted by Crippen LogP contribution is -2.08. The van der Waals surface area contributed by atoms with Gasteiger partial charge >= 0.3 is 0 Å². The van der Waals surface area contributed by atoms with Crippen molar-refractivity contribution in [3.05, 3.63) is 28.8 Å². The van der Waals surface area contributed by atoms with Crippen molar-refractivity contribution in [3.8, 4) is 0 Å². The molecule has 0 radical (unpaired) electrons. The second-order valence-corrected chi connectivity index (χ2v) is 4.17. The Balaban J connectivity index is 2.67. The van der Waals surface area contributed by atoms with Crippen LogP contribution in [0.15, 0.2) is 18.2 Å². The first-order valence-corrected chi connectivity index (χ1v) is 4.97. The van der Waals surface area contributed by atoms with Crippen LogP contribution in [0.25, 0.3) is 0 Å². The third kappa shape index (κ3) is 3.27. The normalized spacial score (nSPS) is 10.5. The molecule has 0 unspecified atom stereocenters. The first-order chi connectivity index (χ1) is 6.09. The summed E-state index contributed by atoms with van der Waals surface area (Å²) in [5.74, 6) is 0.636. The van der Waals surface area contributed by atoms with E-state index in [0.29, 0.717) is 5.92 Å². The van der Waals surface area contributed by atoms with Crippen LogP contribution in [0.4, 0.5) is 5.69 Å². The maximum absolute atomic E-state index is 6.05. The summed E-state index contributed by atoms with van der Waals surface area (Å²) < 4.78 is 0. The molecule has 72 valence electrons. The Morgan fingerprint density at radius 3 is 2.62 bits per heavy atom. The van der Waals surface area contributed by atoms with E-state index in [9.17, 15) is 0 Å². The average Bonchev–Trinajstić information content (AvgIpc) is 2.02. The molecule has 0 amide bonds. The highest BCUT2D eigenvalue weighted by atomic mass is 35.5. The lowest BCUT2D eigenvalue weighted by Gasteiger charge is -2.10. The highest BCUT2D eigenvalue weighted by Crippen LogP contribution is 2.22. The van der Waals surface area contributed by atoms with E-state index >= 15 is 0 Å². The zero-order valence-electron chi connectivity index (χ0n) is 8.39. The lowest BCUT2D eigenvalue weighted by atomic mass is 10.2. The van der Waals surface area contributed by atoms with Crippen LogP contribution in [0.3, 0.4) is 0 Å². The second kappa shape index (κ2) is 4.52. The molecule has 0 aromatic heterocycles. The molecular formula is C11H16ClN. The Morgan fingerprint density at radius 1 is 1.38 bits per heavy atom. The van der Waals surface area contributed by atoms with E-state index in [2.05, 4.69) is 25.2 Å².